The van der Waals surface area contributed by atoms with Crippen LogP contribution in [0.5, 0.6) is 0 Å². The minimum absolute atomic E-state index is 0.648. The van der Waals surface area contributed by atoms with E-state index in [9.17, 15) is 0 Å². The van der Waals surface area contributed by atoms with E-state index in [1.54, 1.807) is 0 Å². The van der Waals surface area contributed by atoms with E-state index in [-0.39, 0.29) is 0 Å². The number of thioether (sulfide) groups is 1. The van der Waals surface area contributed by atoms with Crippen molar-refractivity contribution in [2.75, 3.05) is 18.1 Å². The lowest BCUT2D eigenvalue weighted by molar-refractivity contribution is 0.366. The Bertz CT molecular complexity index is 410. The largest absolute Gasteiger partial charge is 0.314 e. The van der Waals surface area contributed by atoms with Crippen molar-refractivity contribution < 1.29 is 0 Å². The molecular formula is C18H29NS. The summed E-state index contributed by atoms with van der Waals surface area (Å²) >= 11 is 2.13. The number of hydrogen-bond donors (Lipinski definition) is 1. The highest BCUT2D eigenvalue weighted by atomic mass is 32.2. The maximum absolute atomic E-state index is 3.71. The smallest absolute Gasteiger partial charge is 0.0110 e. The Kier molecular flexibility index (Phi) is 6.44. The minimum Gasteiger partial charge on any atom is -0.314 e. The number of nitrogens with one attached hydrogen (secondary N) is 1. The van der Waals surface area contributed by atoms with Crippen LogP contribution < -0.4 is 5.32 Å². The average Bonchev–Trinajstić information content (AvgIpc) is 2.44. The van der Waals surface area contributed by atoms with Gasteiger partial charge in [0, 0.05) is 6.04 Å². The van der Waals surface area contributed by atoms with Crippen molar-refractivity contribution in [1.82, 2.24) is 5.32 Å². The molecule has 0 bridgehead atoms. The Morgan fingerprint density at radius 1 is 1.20 bits per heavy atom. The third-order valence-corrected chi connectivity index (χ3v) is 5.55. The summed E-state index contributed by atoms with van der Waals surface area (Å²) in [6.07, 6.45) is 5.36. The molecule has 2 heteroatoms. The first-order chi connectivity index (χ1) is 9.69. The second kappa shape index (κ2) is 8.09. The average molecular weight is 292 g/mol. The summed E-state index contributed by atoms with van der Waals surface area (Å²) in [6.45, 7) is 7.72. The van der Waals surface area contributed by atoms with Crippen LogP contribution in [0.1, 0.15) is 42.9 Å². The lowest BCUT2D eigenvalue weighted by atomic mass is 9.90. The van der Waals surface area contributed by atoms with E-state index < -0.39 is 0 Å². The maximum Gasteiger partial charge on any atom is 0.0110 e. The summed E-state index contributed by atoms with van der Waals surface area (Å²) in [5.74, 6) is 3.67. The summed E-state index contributed by atoms with van der Waals surface area (Å²) in [4.78, 5) is 0. The van der Waals surface area contributed by atoms with Crippen LogP contribution in [0.2, 0.25) is 0 Å². The third kappa shape index (κ3) is 4.82. The minimum atomic E-state index is 0.648. The second-order valence-corrected chi connectivity index (χ2v) is 7.39. The molecule has 1 nitrogen and oxygen atoms in total. The normalized spacial score (nSPS) is 18.1. The molecule has 1 unspecified atom stereocenters. The fraction of sp³-hybridized carbons (Fsp3) is 0.667. The van der Waals surface area contributed by atoms with Crippen molar-refractivity contribution >= 4 is 11.8 Å². The molecule has 1 N–H and O–H groups in total. The number of rotatable bonds is 6. The third-order valence-electron chi connectivity index (χ3n) is 4.50. The van der Waals surface area contributed by atoms with E-state index in [0.717, 1.165) is 12.5 Å². The van der Waals surface area contributed by atoms with Gasteiger partial charge in [-0.15, -0.1) is 0 Å². The van der Waals surface area contributed by atoms with Crippen LogP contribution in [0.25, 0.3) is 0 Å². The molecule has 0 saturated carbocycles. The molecule has 0 spiro atoms. The van der Waals surface area contributed by atoms with Crippen LogP contribution in [0.3, 0.4) is 0 Å². The molecule has 1 aromatic rings. The molecule has 112 valence electrons. The standard InChI is InChI=1S/C18H29NS/c1-4-19-18(12-16-7-9-20-10-8-16)13-17-6-5-14(2)15(3)11-17/h5-6,11,16,18-19H,4,7-10,12-13H2,1-3H3. The van der Waals surface area contributed by atoms with Crippen molar-refractivity contribution in [2.45, 2.75) is 52.5 Å². The van der Waals surface area contributed by atoms with E-state index in [1.165, 1.54) is 53.9 Å². The summed E-state index contributed by atoms with van der Waals surface area (Å²) in [6, 6.07) is 7.60. The first-order valence-electron chi connectivity index (χ1n) is 8.06. The van der Waals surface area contributed by atoms with Crippen molar-refractivity contribution in [2.24, 2.45) is 5.92 Å². The van der Waals surface area contributed by atoms with Crippen LogP contribution in [-0.2, 0) is 6.42 Å². The topological polar surface area (TPSA) is 12.0 Å². The summed E-state index contributed by atoms with van der Waals surface area (Å²) in [7, 11) is 0. The molecule has 1 atom stereocenters. The van der Waals surface area contributed by atoms with Crippen LogP contribution in [0, 0.1) is 19.8 Å². The van der Waals surface area contributed by atoms with Crippen LogP contribution in [0.4, 0.5) is 0 Å². The van der Waals surface area contributed by atoms with Crippen molar-refractivity contribution in [3.05, 3.63) is 34.9 Å². The van der Waals surface area contributed by atoms with Gasteiger partial charge in [-0.3, -0.25) is 0 Å². The van der Waals surface area contributed by atoms with Gasteiger partial charge in [-0.1, -0.05) is 25.1 Å². The quantitative estimate of drug-likeness (QED) is 0.836. The Labute approximate surface area is 128 Å². The first-order valence-corrected chi connectivity index (χ1v) is 9.21. The van der Waals surface area contributed by atoms with E-state index in [1.807, 2.05) is 0 Å². The molecule has 1 fully saturated rings. The fourth-order valence-electron chi connectivity index (χ4n) is 3.13. The van der Waals surface area contributed by atoms with Gasteiger partial charge in [0.05, 0.1) is 0 Å². The molecule has 1 saturated heterocycles. The predicted octanol–water partition coefficient (Wildman–Crippen LogP) is 4.36. The predicted molar refractivity (Wildman–Crippen MR) is 91.8 cm³/mol. The van der Waals surface area contributed by atoms with Crippen LogP contribution in [-0.4, -0.2) is 24.1 Å². The molecule has 0 aliphatic carbocycles. The highest BCUT2D eigenvalue weighted by Gasteiger charge is 2.19. The van der Waals surface area contributed by atoms with Gasteiger partial charge in [-0.05, 0) is 80.2 Å². The van der Waals surface area contributed by atoms with Crippen molar-refractivity contribution in [3.8, 4) is 0 Å². The first kappa shape index (κ1) is 15.9. The molecule has 0 radical (unpaired) electrons. The second-order valence-electron chi connectivity index (χ2n) is 6.17. The zero-order valence-electron chi connectivity index (χ0n) is 13.2. The van der Waals surface area contributed by atoms with E-state index in [2.05, 4.69) is 56.0 Å². The molecule has 0 aromatic heterocycles. The Morgan fingerprint density at radius 2 is 1.95 bits per heavy atom. The highest BCUT2D eigenvalue weighted by Crippen LogP contribution is 2.27. The Morgan fingerprint density at radius 3 is 2.60 bits per heavy atom. The van der Waals surface area contributed by atoms with Gasteiger partial charge < -0.3 is 5.32 Å². The summed E-state index contributed by atoms with van der Waals surface area (Å²) < 4.78 is 0. The lowest BCUT2D eigenvalue weighted by Gasteiger charge is -2.27. The zero-order chi connectivity index (χ0) is 14.4. The number of hydrogen-bond acceptors (Lipinski definition) is 2. The van der Waals surface area contributed by atoms with Gasteiger partial charge in [0.2, 0.25) is 0 Å². The van der Waals surface area contributed by atoms with Crippen molar-refractivity contribution in [3.63, 3.8) is 0 Å². The molecule has 1 aliphatic heterocycles. The van der Waals surface area contributed by atoms with Gasteiger partial charge >= 0.3 is 0 Å². The Balaban J connectivity index is 1.94. The van der Waals surface area contributed by atoms with Gasteiger partial charge in [-0.25, -0.2) is 0 Å². The molecule has 1 aromatic carbocycles. The summed E-state index contributed by atoms with van der Waals surface area (Å²) in [5.41, 5.74) is 4.31. The Hall–Kier alpha value is -0.470. The summed E-state index contributed by atoms with van der Waals surface area (Å²) in [5, 5.41) is 3.71. The van der Waals surface area contributed by atoms with E-state index >= 15 is 0 Å². The lowest BCUT2D eigenvalue weighted by Crippen LogP contribution is -2.33. The van der Waals surface area contributed by atoms with Crippen LogP contribution in [0.15, 0.2) is 18.2 Å². The van der Waals surface area contributed by atoms with Gasteiger partial charge in [0.15, 0.2) is 0 Å². The number of benzene rings is 1. The number of likely N-dealkylation sites (N-methyl/N-ethyl adjacent to an activating group) is 1. The fourth-order valence-corrected chi connectivity index (χ4v) is 4.33. The monoisotopic (exact) mass is 291 g/mol. The maximum atomic E-state index is 3.71. The molecule has 0 amide bonds. The molecular weight excluding hydrogens is 262 g/mol. The van der Waals surface area contributed by atoms with Gasteiger partial charge in [0.1, 0.15) is 0 Å². The van der Waals surface area contributed by atoms with E-state index in [0.29, 0.717) is 6.04 Å². The SMILES string of the molecule is CCNC(Cc1ccc(C)c(C)c1)CC1CCSCC1. The molecule has 2 rings (SSSR count). The molecule has 20 heavy (non-hydrogen) atoms. The van der Waals surface area contributed by atoms with E-state index in [4.69, 9.17) is 0 Å². The molecule has 1 aliphatic rings. The van der Waals surface area contributed by atoms with Crippen LogP contribution >= 0.6 is 11.8 Å². The van der Waals surface area contributed by atoms with Gasteiger partial charge in [-0.2, -0.15) is 11.8 Å². The number of aryl methyl sites for hydroxylation is 2. The zero-order valence-corrected chi connectivity index (χ0v) is 14.1. The van der Waals surface area contributed by atoms with Gasteiger partial charge in [0.25, 0.3) is 0 Å². The highest BCUT2D eigenvalue weighted by molar-refractivity contribution is 7.99. The van der Waals surface area contributed by atoms with Crippen molar-refractivity contribution in [1.29, 1.82) is 0 Å². The molecule has 1 heterocycles.